The van der Waals surface area contributed by atoms with Gasteiger partial charge in [0.15, 0.2) is 5.60 Å². The zero-order valence-electron chi connectivity index (χ0n) is 10.0. The number of ether oxygens (including phenoxy) is 1. The van der Waals surface area contributed by atoms with Gasteiger partial charge in [-0.05, 0) is 25.9 Å². The molecule has 0 saturated carbocycles. The molecule has 4 aliphatic rings. The lowest BCUT2D eigenvalue weighted by molar-refractivity contribution is -0.136. The van der Waals surface area contributed by atoms with E-state index >= 15 is 0 Å². The van der Waals surface area contributed by atoms with Crippen molar-refractivity contribution in [1.29, 1.82) is 0 Å². The summed E-state index contributed by atoms with van der Waals surface area (Å²) in [7, 11) is 0. The van der Waals surface area contributed by atoms with Crippen molar-refractivity contribution in [3.05, 3.63) is 0 Å². The molecule has 92 valence electrons. The van der Waals surface area contributed by atoms with E-state index in [1.165, 1.54) is 25.9 Å². The molecule has 4 aliphatic heterocycles. The highest BCUT2D eigenvalue weighted by molar-refractivity contribution is 5.78. The molecule has 4 rings (SSSR count). The number of piperidine rings is 3. The molecule has 2 bridgehead atoms. The van der Waals surface area contributed by atoms with Crippen molar-refractivity contribution in [2.45, 2.75) is 31.3 Å². The molecule has 17 heavy (non-hydrogen) atoms. The molecule has 0 amide bonds. The largest absolute Gasteiger partial charge is 0.478 e. The highest BCUT2D eigenvalue weighted by Gasteiger charge is 2.52. The Bertz CT molecular complexity index is 366. The zero-order chi connectivity index (χ0) is 11.7. The van der Waals surface area contributed by atoms with Gasteiger partial charge in [-0.2, -0.15) is 0 Å². The third kappa shape index (κ3) is 1.89. The summed E-state index contributed by atoms with van der Waals surface area (Å²) in [6.45, 7) is 3.97. The molecule has 1 spiro atoms. The Morgan fingerprint density at radius 2 is 2.35 bits per heavy atom. The molecule has 1 atom stereocenters. The normalized spacial score (nSPS) is 38.6. The first-order valence-corrected chi connectivity index (χ1v) is 6.36. The van der Waals surface area contributed by atoms with E-state index in [1.807, 2.05) is 0 Å². The maximum absolute atomic E-state index is 5.73. The van der Waals surface area contributed by atoms with Crippen molar-refractivity contribution in [2.24, 2.45) is 11.1 Å². The zero-order valence-corrected chi connectivity index (χ0v) is 10.0. The predicted molar refractivity (Wildman–Crippen MR) is 64.4 cm³/mol. The lowest BCUT2D eigenvalue weighted by Crippen LogP contribution is -2.59. The van der Waals surface area contributed by atoms with E-state index < -0.39 is 0 Å². The monoisotopic (exact) mass is 234 g/mol. The topological polar surface area (TPSA) is 34.1 Å². The molecule has 4 nitrogen and oxygen atoms in total. The summed E-state index contributed by atoms with van der Waals surface area (Å²) >= 11 is 0. The number of fused-ring (bicyclic) bond motifs is 2. The van der Waals surface area contributed by atoms with Crippen LogP contribution in [0.1, 0.15) is 25.7 Å². The predicted octanol–water partition coefficient (Wildman–Crippen LogP) is 1.22. The number of hydrogen-bond acceptors (Lipinski definition) is 4. The lowest BCUT2D eigenvalue weighted by Gasteiger charge is -2.49. The fourth-order valence-electron chi connectivity index (χ4n) is 3.20. The second-order valence-electron chi connectivity index (χ2n) is 5.17. The van der Waals surface area contributed by atoms with Gasteiger partial charge in [0.05, 0.1) is 6.42 Å². The Balaban J connectivity index is 1.60. The van der Waals surface area contributed by atoms with Crippen LogP contribution in [0, 0.1) is 18.3 Å². The minimum atomic E-state index is -0.0953. The standard InChI is InChI=1S/C13H18N2O2/c1-2-3-8-16-12-9-13(17-14-12)10-15-6-4-11(13)5-7-15/h1,11H,3-10H2. The summed E-state index contributed by atoms with van der Waals surface area (Å²) in [4.78, 5) is 8.20. The first-order chi connectivity index (χ1) is 8.32. The first-order valence-electron chi connectivity index (χ1n) is 6.36. The van der Waals surface area contributed by atoms with Gasteiger partial charge in [-0.3, -0.25) is 4.90 Å². The Morgan fingerprint density at radius 3 is 3.00 bits per heavy atom. The minimum Gasteiger partial charge on any atom is -0.478 e. The van der Waals surface area contributed by atoms with Crippen LogP contribution >= 0.6 is 0 Å². The van der Waals surface area contributed by atoms with E-state index in [4.69, 9.17) is 16.0 Å². The number of rotatable bonds is 2. The summed E-state index contributed by atoms with van der Waals surface area (Å²) < 4.78 is 5.54. The Hall–Kier alpha value is -1.21. The van der Waals surface area contributed by atoms with Crippen LogP contribution < -0.4 is 0 Å². The Kier molecular flexibility index (Phi) is 2.71. The Morgan fingerprint density at radius 1 is 1.53 bits per heavy atom. The van der Waals surface area contributed by atoms with Crippen molar-refractivity contribution >= 4 is 5.90 Å². The van der Waals surface area contributed by atoms with Crippen molar-refractivity contribution in [3.8, 4) is 12.3 Å². The van der Waals surface area contributed by atoms with E-state index in [0.29, 0.717) is 18.9 Å². The van der Waals surface area contributed by atoms with E-state index in [2.05, 4.69) is 16.0 Å². The van der Waals surface area contributed by atoms with Crippen molar-refractivity contribution in [2.75, 3.05) is 26.2 Å². The van der Waals surface area contributed by atoms with Crippen LogP contribution in [0.5, 0.6) is 0 Å². The van der Waals surface area contributed by atoms with E-state index in [1.54, 1.807) is 0 Å². The van der Waals surface area contributed by atoms with Crippen LogP contribution in [0.2, 0.25) is 0 Å². The highest BCUT2D eigenvalue weighted by atomic mass is 16.7. The summed E-state index contributed by atoms with van der Waals surface area (Å²) in [6, 6.07) is 0. The van der Waals surface area contributed by atoms with Crippen LogP contribution in [0.25, 0.3) is 0 Å². The van der Waals surface area contributed by atoms with Gasteiger partial charge in [0, 0.05) is 18.9 Å². The maximum atomic E-state index is 5.73. The quantitative estimate of drug-likeness (QED) is 0.532. The van der Waals surface area contributed by atoms with Gasteiger partial charge >= 0.3 is 0 Å². The first kappa shape index (κ1) is 10.9. The molecular weight excluding hydrogens is 216 g/mol. The Labute approximate surface area is 102 Å². The fraction of sp³-hybridized carbons (Fsp3) is 0.769. The summed E-state index contributed by atoms with van der Waals surface area (Å²) in [5.74, 6) is 3.93. The second kappa shape index (κ2) is 4.23. The maximum Gasteiger partial charge on any atom is 0.229 e. The number of hydrogen-bond donors (Lipinski definition) is 0. The number of nitrogens with zero attached hydrogens (tertiary/aromatic N) is 2. The molecular formula is C13H18N2O2. The molecule has 0 N–H and O–H groups in total. The van der Waals surface area contributed by atoms with Gasteiger partial charge in [-0.25, -0.2) is 0 Å². The second-order valence-corrected chi connectivity index (χ2v) is 5.17. The average molecular weight is 234 g/mol. The lowest BCUT2D eigenvalue weighted by atomic mass is 9.74. The molecule has 3 saturated heterocycles. The van der Waals surface area contributed by atoms with Gasteiger partial charge < -0.3 is 9.57 Å². The van der Waals surface area contributed by atoms with Crippen LogP contribution in [0.4, 0.5) is 0 Å². The van der Waals surface area contributed by atoms with E-state index in [0.717, 1.165) is 18.9 Å². The molecule has 0 aromatic carbocycles. The van der Waals surface area contributed by atoms with Crippen LogP contribution in [0.3, 0.4) is 0 Å². The summed E-state index contributed by atoms with van der Waals surface area (Å²) in [5.41, 5.74) is -0.0953. The molecule has 4 heteroatoms. The van der Waals surface area contributed by atoms with Gasteiger partial charge in [-0.1, -0.05) is 5.16 Å². The minimum absolute atomic E-state index is 0.0953. The molecule has 0 radical (unpaired) electrons. The highest BCUT2D eigenvalue weighted by Crippen LogP contribution is 2.43. The van der Waals surface area contributed by atoms with Gasteiger partial charge in [0.1, 0.15) is 6.61 Å². The van der Waals surface area contributed by atoms with Crippen molar-refractivity contribution in [1.82, 2.24) is 4.90 Å². The van der Waals surface area contributed by atoms with E-state index in [9.17, 15) is 0 Å². The number of oxime groups is 1. The SMILES string of the molecule is C#CCCOC1=NOC2(C1)CN1CCC2CC1. The summed E-state index contributed by atoms with van der Waals surface area (Å²) in [5, 5.41) is 4.10. The van der Waals surface area contributed by atoms with Crippen LogP contribution in [-0.2, 0) is 9.57 Å². The summed E-state index contributed by atoms with van der Waals surface area (Å²) in [6.07, 6.45) is 9.09. The molecule has 4 heterocycles. The van der Waals surface area contributed by atoms with Gasteiger partial charge in [0.25, 0.3) is 0 Å². The molecule has 0 aromatic rings. The number of terminal acetylenes is 1. The molecule has 0 aromatic heterocycles. The third-order valence-electron chi connectivity index (χ3n) is 4.12. The molecule has 1 unspecified atom stereocenters. The molecule has 3 fully saturated rings. The van der Waals surface area contributed by atoms with Gasteiger partial charge in [-0.15, -0.1) is 12.3 Å². The van der Waals surface area contributed by atoms with E-state index in [-0.39, 0.29) is 5.60 Å². The van der Waals surface area contributed by atoms with Crippen LogP contribution in [-0.4, -0.2) is 42.6 Å². The fourth-order valence-corrected chi connectivity index (χ4v) is 3.20. The smallest absolute Gasteiger partial charge is 0.229 e. The molecule has 0 aliphatic carbocycles. The van der Waals surface area contributed by atoms with Crippen molar-refractivity contribution < 1.29 is 9.57 Å². The van der Waals surface area contributed by atoms with Crippen molar-refractivity contribution in [3.63, 3.8) is 0 Å². The third-order valence-corrected chi connectivity index (χ3v) is 4.12. The van der Waals surface area contributed by atoms with Crippen LogP contribution in [0.15, 0.2) is 5.16 Å². The average Bonchev–Trinajstić information content (AvgIpc) is 2.74. The van der Waals surface area contributed by atoms with Gasteiger partial charge in [0.2, 0.25) is 5.90 Å².